The van der Waals surface area contributed by atoms with Crippen LogP contribution in [0.4, 0.5) is 5.13 Å². The molecule has 0 atom stereocenters. The number of carbonyl (C=O) groups excluding carboxylic acids is 2. The topological polar surface area (TPSA) is 85.1 Å². The first kappa shape index (κ1) is 17.4. The van der Waals surface area contributed by atoms with Gasteiger partial charge in [0.1, 0.15) is 0 Å². The zero-order chi connectivity index (χ0) is 17.8. The molecule has 128 valence electrons. The van der Waals surface area contributed by atoms with E-state index in [0.29, 0.717) is 5.13 Å². The molecule has 0 saturated carbocycles. The van der Waals surface area contributed by atoms with Gasteiger partial charge in [0.25, 0.3) is 0 Å². The minimum absolute atomic E-state index is 0.114. The van der Waals surface area contributed by atoms with Crippen LogP contribution in [0.2, 0.25) is 0 Å². The van der Waals surface area contributed by atoms with Crippen molar-refractivity contribution in [2.75, 3.05) is 11.1 Å². The smallest absolute Gasteiger partial charge is 0.230 e. The number of hydrogen-bond donors (Lipinski definition) is 2. The summed E-state index contributed by atoms with van der Waals surface area (Å²) in [6.45, 7) is 1.85. The summed E-state index contributed by atoms with van der Waals surface area (Å²) in [7, 11) is 0. The van der Waals surface area contributed by atoms with Gasteiger partial charge >= 0.3 is 0 Å². The Bertz CT molecular complexity index is 932. The number of nitrogens with two attached hydrogens (primary N) is 1. The number of carbonyl (C=O) groups is 2. The van der Waals surface area contributed by atoms with E-state index in [1.165, 1.54) is 23.1 Å². The zero-order valence-corrected chi connectivity index (χ0v) is 15.2. The fourth-order valence-electron chi connectivity index (χ4n) is 2.49. The molecular formula is C18H17N3O2S2. The Morgan fingerprint density at radius 1 is 1.20 bits per heavy atom. The van der Waals surface area contributed by atoms with Gasteiger partial charge in [-0.1, -0.05) is 53.8 Å². The number of benzene rings is 2. The first-order valence-corrected chi connectivity index (χ1v) is 9.48. The molecule has 0 bridgehead atoms. The second-order valence-corrected chi connectivity index (χ2v) is 7.75. The van der Waals surface area contributed by atoms with Crippen LogP contribution in [0, 0.1) is 6.92 Å². The van der Waals surface area contributed by atoms with Crippen molar-refractivity contribution in [1.29, 1.82) is 0 Å². The van der Waals surface area contributed by atoms with E-state index in [2.05, 4.69) is 10.3 Å². The number of primary amides is 1. The summed E-state index contributed by atoms with van der Waals surface area (Å²) < 4.78 is 0.888. The van der Waals surface area contributed by atoms with E-state index >= 15 is 0 Å². The number of fused-ring (bicyclic) bond motifs is 1. The molecule has 1 aromatic heterocycles. The summed E-state index contributed by atoms with van der Waals surface area (Å²) in [5, 5.41) is 5.57. The second kappa shape index (κ2) is 7.67. The lowest BCUT2D eigenvalue weighted by molar-refractivity contribution is -0.116. The normalized spacial score (nSPS) is 10.8. The minimum atomic E-state index is -0.376. The molecule has 0 fully saturated rings. The Morgan fingerprint density at radius 2 is 1.96 bits per heavy atom. The summed E-state index contributed by atoms with van der Waals surface area (Å²) >= 11 is 2.70. The molecule has 0 unspecified atom stereocenters. The van der Waals surface area contributed by atoms with E-state index in [-0.39, 0.29) is 24.0 Å². The molecule has 3 N–H and O–H groups in total. The third-order valence-corrected chi connectivity index (χ3v) is 6.03. The van der Waals surface area contributed by atoms with Crippen molar-refractivity contribution in [2.24, 2.45) is 5.73 Å². The van der Waals surface area contributed by atoms with Gasteiger partial charge in [-0.2, -0.15) is 0 Å². The number of anilines is 1. The highest BCUT2D eigenvalue weighted by Crippen LogP contribution is 2.32. The third-order valence-electron chi connectivity index (χ3n) is 3.58. The minimum Gasteiger partial charge on any atom is -0.369 e. The molecule has 0 radical (unpaired) electrons. The molecule has 7 heteroatoms. The molecule has 2 amide bonds. The lowest BCUT2D eigenvalue weighted by Crippen LogP contribution is -2.14. The molecule has 3 rings (SSSR count). The highest BCUT2D eigenvalue weighted by molar-refractivity contribution is 8.01. The predicted molar refractivity (Wildman–Crippen MR) is 103 cm³/mol. The summed E-state index contributed by atoms with van der Waals surface area (Å²) in [6.07, 6.45) is 0.281. The zero-order valence-electron chi connectivity index (χ0n) is 13.6. The molecule has 0 aliphatic rings. The molecular weight excluding hydrogens is 354 g/mol. The van der Waals surface area contributed by atoms with Crippen molar-refractivity contribution >= 4 is 50.8 Å². The molecule has 0 spiro atoms. The molecule has 5 nitrogen and oxygen atoms in total. The number of amides is 2. The van der Waals surface area contributed by atoms with E-state index in [0.717, 1.165) is 26.2 Å². The molecule has 3 aromatic rings. The Labute approximate surface area is 153 Å². The van der Waals surface area contributed by atoms with Crippen molar-refractivity contribution in [3.8, 4) is 0 Å². The number of aryl methyl sites for hydroxylation is 1. The average Bonchev–Trinajstić information content (AvgIpc) is 2.92. The van der Waals surface area contributed by atoms with Gasteiger partial charge in [-0.3, -0.25) is 9.59 Å². The summed E-state index contributed by atoms with van der Waals surface area (Å²) in [4.78, 5) is 27.6. The van der Waals surface area contributed by atoms with E-state index < -0.39 is 0 Å². The van der Waals surface area contributed by atoms with Crippen LogP contribution < -0.4 is 11.1 Å². The van der Waals surface area contributed by atoms with Crippen LogP contribution in [0.3, 0.4) is 0 Å². The van der Waals surface area contributed by atoms with Crippen molar-refractivity contribution in [3.63, 3.8) is 0 Å². The van der Waals surface area contributed by atoms with Gasteiger partial charge in [0.05, 0.1) is 22.1 Å². The van der Waals surface area contributed by atoms with E-state index in [9.17, 15) is 9.59 Å². The Hall–Kier alpha value is -2.38. The molecule has 0 aliphatic heterocycles. The maximum absolute atomic E-state index is 12.4. The van der Waals surface area contributed by atoms with E-state index in [4.69, 9.17) is 5.73 Å². The monoisotopic (exact) mass is 371 g/mol. The lowest BCUT2D eigenvalue weighted by atomic mass is 10.0. The number of aromatic nitrogens is 1. The Morgan fingerprint density at radius 3 is 2.76 bits per heavy atom. The lowest BCUT2D eigenvalue weighted by Gasteiger charge is -2.06. The van der Waals surface area contributed by atoms with Gasteiger partial charge in [-0.15, -0.1) is 11.8 Å². The quantitative estimate of drug-likeness (QED) is 0.651. The fraction of sp³-hybridized carbons (Fsp3) is 0.167. The number of nitrogens with zero attached hydrogens (tertiary/aromatic N) is 1. The predicted octanol–water partition coefficient (Wildman–Crippen LogP) is 3.36. The summed E-state index contributed by atoms with van der Waals surface area (Å²) in [6, 6.07) is 13.9. The van der Waals surface area contributed by atoms with Crippen molar-refractivity contribution in [3.05, 3.63) is 53.7 Å². The van der Waals surface area contributed by atoms with Crippen molar-refractivity contribution < 1.29 is 9.59 Å². The molecule has 1 heterocycles. The van der Waals surface area contributed by atoms with Crippen LogP contribution in [0.25, 0.3) is 10.8 Å². The number of hydrogen-bond acceptors (Lipinski definition) is 5. The largest absolute Gasteiger partial charge is 0.369 e. The van der Waals surface area contributed by atoms with Gasteiger partial charge < -0.3 is 11.1 Å². The SMILES string of the molecule is Cc1nc(NC(=O)Cc2cccc3ccccc23)sc1SCC(N)=O. The number of thioether (sulfide) groups is 1. The van der Waals surface area contributed by atoms with Gasteiger partial charge in [-0.25, -0.2) is 4.98 Å². The fourth-order valence-corrected chi connectivity index (χ4v) is 4.38. The first-order chi connectivity index (χ1) is 12.0. The van der Waals surface area contributed by atoms with Crippen LogP contribution >= 0.6 is 23.1 Å². The third kappa shape index (κ3) is 4.37. The summed E-state index contributed by atoms with van der Waals surface area (Å²) in [5.41, 5.74) is 6.93. The Kier molecular flexibility index (Phi) is 5.35. The van der Waals surface area contributed by atoms with Gasteiger partial charge in [-0.05, 0) is 23.3 Å². The van der Waals surface area contributed by atoms with Crippen LogP contribution in [0.1, 0.15) is 11.3 Å². The van der Waals surface area contributed by atoms with Gasteiger partial charge in [0.15, 0.2) is 5.13 Å². The van der Waals surface area contributed by atoms with Gasteiger partial charge in [0.2, 0.25) is 11.8 Å². The maximum Gasteiger partial charge on any atom is 0.230 e. The molecule has 25 heavy (non-hydrogen) atoms. The number of nitrogens with one attached hydrogen (secondary N) is 1. The van der Waals surface area contributed by atoms with Gasteiger partial charge in [0, 0.05) is 0 Å². The average molecular weight is 371 g/mol. The molecule has 2 aromatic carbocycles. The molecule has 0 aliphatic carbocycles. The standard InChI is InChI=1S/C18H17N3O2S2/c1-11-17(24-10-15(19)22)25-18(20-11)21-16(23)9-13-7-4-6-12-5-2-3-8-14(12)13/h2-8H,9-10H2,1H3,(H2,19,22)(H,20,21,23). The van der Waals surface area contributed by atoms with E-state index in [1.54, 1.807) is 0 Å². The second-order valence-electron chi connectivity index (χ2n) is 5.51. The van der Waals surface area contributed by atoms with Crippen molar-refractivity contribution in [2.45, 2.75) is 17.6 Å². The van der Waals surface area contributed by atoms with Crippen LogP contribution in [-0.4, -0.2) is 22.6 Å². The number of rotatable bonds is 6. The maximum atomic E-state index is 12.4. The van der Waals surface area contributed by atoms with Crippen LogP contribution in [0.15, 0.2) is 46.7 Å². The summed E-state index contributed by atoms with van der Waals surface area (Å²) in [5.74, 6) is -0.289. The molecule has 0 saturated heterocycles. The number of thiazole rings is 1. The van der Waals surface area contributed by atoms with E-state index in [1.807, 2.05) is 49.4 Å². The van der Waals surface area contributed by atoms with Crippen molar-refractivity contribution in [1.82, 2.24) is 4.98 Å². The van der Waals surface area contributed by atoms with Crippen LogP contribution in [-0.2, 0) is 16.0 Å². The first-order valence-electron chi connectivity index (χ1n) is 7.68. The highest BCUT2D eigenvalue weighted by atomic mass is 32.2. The highest BCUT2D eigenvalue weighted by Gasteiger charge is 2.13. The Balaban J connectivity index is 1.70. The van der Waals surface area contributed by atoms with Crippen LogP contribution in [0.5, 0.6) is 0 Å².